The molecule has 0 radical (unpaired) electrons. The van der Waals surface area contributed by atoms with Crippen LogP contribution in [0.5, 0.6) is 0 Å². The summed E-state index contributed by atoms with van der Waals surface area (Å²) in [6, 6.07) is 0. The van der Waals surface area contributed by atoms with E-state index in [-0.39, 0.29) is 6.10 Å². The van der Waals surface area contributed by atoms with E-state index in [1.165, 1.54) is 0 Å². The monoisotopic (exact) mass is 210 g/mol. The van der Waals surface area contributed by atoms with E-state index in [0.717, 1.165) is 25.7 Å². The second-order valence-corrected chi connectivity index (χ2v) is 4.26. The van der Waals surface area contributed by atoms with Crippen LogP contribution in [0.4, 0.5) is 0 Å². The average Bonchev–Trinajstić information content (AvgIpc) is 2.66. The van der Waals surface area contributed by atoms with E-state index in [4.69, 9.17) is 4.74 Å². The molecule has 2 atom stereocenters. The number of aliphatic hydroxyl groups is 1. The molecule has 0 spiro atoms. The number of hydrogen-bond donors (Lipinski definition) is 1. The van der Waals surface area contributed by atoms with Crippen molar-refractivity contribution in [3.05, 3.63) is 18.2 Å². The Labute approximate surface area is 89.9 Å². The maximum atomic E-state index is 10.7. The Morgan fingerprint density at radius 3 is 3.00 bits per heavy atom. The molecular weight excluding hydrogens is 192 g/mol. The fourth-order valence-electron chi connectivity index (χ4n) is 2.48. The summed E-state index contributed by atoms with van der Waals surface area (Å²) in [5.41, 5.74) is -0.911. The van der Waals surface area contributed by atoms with Crippen LogP contribution >= 0.6 is 0 Å². The van der Waals surface area contributed by atoms with Crippen LogP contribution in [0.2, 0.25) is 0 Å². The summed E-state index contributed by atoms with van der Waals surface area (Å²) < 4.78 is 7.25. The van der Waals surface area contributed by atoms with E-state index in [1.54, 1.807) is 13.3 Å². The first-order chi connectivity index (χ1) is 7.18. The van der Waals surface area contributed by atoms with Crippen molar-refractivity contribution in [3.8, 4) is 0 Å². The molecule has 1 N–H and O–H groups in total. The maximum Gasteiger partial charge on any atom is 0.148 e. The number of ether oxygens (including phenoxy) is 1. The third-order valence-corrected chi connectivity index (χ3v) is 3.30. The van der Waals surface area contributed by atoms with Crippen LogP contribution in [0, 0.1) is 0 Å². The summed E-state index contributed by atoms with van der Waals surface area (Å²) in [7, 11) is 3.56. The summed E-state index contributed by atoms with van der Waals surface area (Å²) in [6.45, 7) is 0. The van der Waals surface area contributed by atoms with Gasteiger partial charge in [0.15, 0.2) is 0 Å². The predicted molar refractivity (Wildman–Crippen MR) is 56.4 cm³/mol. The van der Waals surface area contributed by atoms with Crippen LogP contribution in [-0.4, -0.2) is 27.9 Å². The first-order valence-electron chi connectivity index (χ1n) is 5.41. The van der Waals surface area contributed by atoms with Crippen molar-refractivity contribution in [3.63, 3.8) is 0 Å². The van der Waals surface area contributed by atoms with E-state index in [0.29, 0.717) is 5.82 Å². The van der Waals surface area contributed by atoms with Gasteiger partial charge in [0.2, 0.25) is 0 Å². The van der Waals surface area contributed by atoms with E-state index >= 15 is 0 Å². The van der Waals surface area contributed by atoms with Gasteiger partial charge in [-0.15, -0.1) is 0 Å². The van der Waals surface area contributed by atoms with E-state index in [2.05, 4.69) is 4.98 Å². The van der Waals surface area contributed by atoms with Crippen LogP contribution in [0.15, 0.2) is 12.4 Å². The number of methoxy groups -OCH3 is 1. The minimum absolute atomic E-state index is 0.132. The highest BCUT2D eigenvalue weighted by Gasteiger charge is 2.43. The van der Waals surface area contributed by atoms with E-state index in [1.807, 2.05) is 17.8 Å². The van der Waals surface area contributed by atoms with Gasteiger partial charge in [0.25, 0.3) is 0 Å². The van der Waals surface area contributed by atoms with Gasteiger partial charge in [0, 0.05) is 26.6 Å². The molecule has 0 bridgehead atoms. The molecular formula is C11H18N2O2. The van der Waals surface area contributed by atoms with Crippen molar-refractivity contribution < 1.29 is 9.84 Å². The third-order valence-electron chi connectivity index (χ3n) is 3.30. The fraction of sp³-hybridized carbons (Fsp3) is 0.727. The smallest absolute Gasteiger partial charge is 0.148 e. The molecule has 1 heterocycles. The lowest BCUT2D eigenvalue weighted by Crippen LogP contribution is -2.45. The Balaban J connectivity index is 2.34. The molecule has 1 fully saturated rings. The van der Waals surface area contributed by atoms with Crippen molar-refractivity contribution in [2.75, 3.05) is 7.11 Å². The molecule has 2 rings (SSSR count). The summed E-state index contributed by atoms with van der Waals surface area (Å²) in [5.74, 6) is 0.717. The minimum Gasteiger partial charge on any atom is -0.379 e. The average molecular weight is 210 g/mol. The van der Waals surface area contributed by atoms with E-state index < -0.39 is 5.60 Å². The molecule has 4 heteroatoms. The number of rotatable bonds is 2. The Kier molecular flexibility index (Phi) is 2.80. The SMILES string of the molecule is COC1CCCCC1(O)c1nccn1C. The lowest BCUT2D eigenvalue weighted by molar-refractivity contribution is -0.128. The number of aromatic nitrogens is 2. The molecule has 2 unspecified atom stereocenters. The highest BCUT2D eigenvalue weighted by atomic mass is 16.5. The normalized spacial score (nSPS) is 31.8. The van der Waals surface area contributed by atoms with Gasteiger partial charge in [0.05, 0.1) is 6.10 Å². The van der Waals surface area contributed by atoms with Crippen molar-refractivity contribution in [2.45, 2.75) is 37.4 Å². The topological polar surface area (TPSA) is 47.3 Å². The van der Waals surface area contributed by atoms with Crippen LogP contribution in [0.1, 0.15) is 31.5 Å². The zero-order valence-corrected chi connectivity index (χ0v) is 9.31. The summed E-state index contributed by atoms with van der Waals surface area (Å²) in [4.78, 5) is 4.24. The first kappa shape index (κ1) is 10.6. The summed E-state index contributed by atoms with van der Waals surface area (Å²) in [5, 5.41) is 10.7. The van der Waals surface area contributed by atoms with Gasteiger partial charge in [-0.3, -0.25) is 0 Å². The van der Waals surface area contributed by atoms with Gasteiger partial charge in [0.1, 0.15) is 11.4 Å². The molecule has 1 aliphatic rings. The maximum absolute atomic E-state index is 10.7. The Bertz CT molecular complexity index is 337. The van der Waals surface area contributed by atoms with Gasteiger partial charge in [-0.25, -0.2) is 4.98 Å². The lowest BCUT2D eigenvalue weighted by Gasteiger charge is -2.38. The van der Waals surface area contributed by atoms with Gasteiger partial charge in [-0.1, -0.05) is 6.42 Å². The van der Waals surface area contributed by atoms with Crippen LogP contribution in [-0.2, 0) is 17.4 Å². The molecule has 0 amide bonds. The Morgan fingerprint density at radius 1 is 1.60 bits per heavy atom. The quantitative estimate of drug-likeness (QED) is 0.797. The number of hydrogen-bond acceptors (Lipinski definition) is 3. The van der Waals surface area contributed by atoms with Gasteiger partial charge < -0.3 is 14.4 Å². The second kappa shape index (κ2) is 3.94. The number of nitrogens with zero attached hydrogens (tertiary/aromatic N) is 2. The molecule has 15 heavy (non-hydrogen) atoms. The zero-order chi connectivity index (χ0) is 10.9. The number of imidazole rings is 1. The summed E-state index contributed by atoms with van der Waals surface area (Å²) >= 11 is 0. The molecule has 0 saturated heterocycles. The standard InChI is InChI=1S/C11H18N2O2/c1-13-8-7-12-10(13)11(14)6-4-3-5-9(11)15-2/h7-9,14H,3-6H2,1-2H3. The molecule has 0 aromatic carbocycles. The molecule has 1 aliphatic carbocycles. The number of aryl methyl sites for hydroxylation is 1. The van der Waals surface area contributed by atoms with Gasteiger partial charge >= 0.3 is 0 Å². The van der Waals surface area contributed by atoms with Crippen LogP contribution in [0.25, 0.3) is 0 Å². The van der Waals surface area contributed by atoms with Crippen molar-refractivity contribution in [1.29, 1.82) is 0 Å². The van der Waals surface area contributed by atoms with Gasteiger partial charge in [-0.2, -0.15) is 0 Å². The second-order valence-electron chi connectivity index (χ2n) is 4.26. The molecule has 84 valence electrons. The van der Waals surface area contributed by atoms with Crippen molar-refractivity contribution >= 4 is 0 Å². The first-order valence-corrected chi connectivity index (χ1v) is 5.41. The van der Waals surface area contributed by atoms with Crippen LogP contribution < -0.4 is 0 Å². The molecule has 1 saturated carbocycles. The van der Waals surface area contributed by atoms with E-state index in [9.17, 15) is 5.11 Å². The van der Waals surface area contributed by atoms with Crippen molar-refractivity contribution in [2.24, 2.45) is 7.05 Å². The Hall–Kier alpha value is -0.870. The molecule has 1 aromatic rings. The highest BCUT2D eigenvalue weighted by Crippen LogP contribution is 2.37. The molecule has 1 aromatic heterocycles. The zero-order valence-electron chi connectivity index (χ0n) is 9.31. The summed E-state index contributed by atoms with van der Waals surface area (Å²) in [6.07, 6.45) is 7.22. The highest BCUT2D eigenvalue weighted by molar-refractivity contribution is 5.09. The predicted octanol–water partition coefficient (Wildman–Crippen LogP) is 1.20. The minimum atomic E-state index is -0.911. The molecule has 0 aliphatic heterocycles. The lowest BCUT2D eigenvalue weighted by atomic mass is 9.81. The largest absolute Gasteiger partial charge is 0.379 e. The van der Waals surface area contributed by atoms with Crippen molar-refractivity contribution in [1.82, 2.24) is 9.55 Å². The fourth-order valence-corrected chi connectivity index (χ4v) is 2.48. The Morgan fingerprint density at radius 2 is 2.40 bits per heavy atom. The van der Waals surface area contributed by atoms with Gasteiger partial charge in [-0.05, 0) is 19.3 Å². The molecule has 4 nitrogen and oxygen atoms in total. The third kappa shape index (κ3) is 1.68. The van der Waals surface area contributed by atoms with Crippen LogP contribution in [0.3, 0.4) is 0 Å².